The van der Waals surface area contributed by atoms with Gasteiger partial charge in [-0.05, 0) is 24.6 Å². The molecule has 1 amide bonds. The molecule has 2 rings (SSSR count). The first-order valence-corrected chi connectivity index (χ1v) is 5.84. The zero-order valence-electron chi connectivity index (χ0n) is 10.0. The number of anilines is 1. The predicted octanol–water partition coefficient (Wildman–Crippen LogP) is 1.90. The van der Waals surface area contributed by atoms with Crippen molar-refractivity contribution >= 4 is 34.9 Å². The minimum atomic E-state index is -1.10. The van der Waals surface area contributed by atoms with Gasteiger partial charge < -0.3 is 5.11 Å². The van der Waals surface area contributed by atoms with Crippen LogP contribution in [0.2, 0.25) is 5.02 Å². The van der Waals surface area contributed by atoms with Crippen molar-refractivity contribution in [3.63, 3.8) is 0 Å². The molecule has 0 spiro atoms. The fraction of sp³-hybridized carbons (Fsp3) is 0.154. The summed E-state index contributed by atoms with van der Waals surface area (Å²) in [4.78, 5) is 35.4. The van der Waals surface area contributed by atoms with Crippen LogP contribution < -0.4 is 4.90 Å². The molecule has 0 aromatic heterocycles. The minimum absolute atomic E-state index is 0.0214. The van der Waals surface area contributed by atoms with Gasteiger partial charge in [-0.25, -0.2) is 4.79 Å². The molecule has 0 atom stereocenters. The van der Waals surface area contributed by atoms with Crippen molar-refractivity contribution in [3.05, 3.63) is 40.4 Å². The summed E-state index contributed by atoms with van der Waals surface area (Å²) in [6.45, 7) is 1.59. The number of carboxylic acid groups (broad SMARTS) is 1. The van der Waals surface area contributed by atoms with Gasteiger partial charge in [-0.15, -0.1) is 0 Å². The van der Waals surface area contributed by atoms with Crippen molar-refractivity contribution in [1.82, 2.24) is 0 Å². The Bertz CT molecular complexity index is 621. The highest BCUT2D eigenvalue weighted by Gasteiger charge is 2.37. The first-order chi connectivity index (χ1) is 8.91. The number of Topliss-reactive ketones (excluding diaryl/α,β-unsaturated/α-hetero) is 1. The second-order valence-corrected chi connectivity index (χ2v) is 4.59. The van der Waals surface area contributed by atoms with E-state index in [-0.39, 0.29) is 12.1 Å². The van der Waals surface area contributed by atoms with E-state index in [9.17, 15) is 14.4 Å². The third kappa shape index (κ3) is 2.37. The Morgan fingerprint density at radius 3 is 2.74 bits per heavy atom. The summed E-state index contributed by atoms with van der Waals surface area (Å²) < 4.78 is 0. The largest absolute Gasteiger partial charge is 0.478 e. The molecule has 0 unspecified atom stereocenters. The standard InChI is InChI=1S/C13H10ClNO4/c1-7(5-10(16)17)6-15-11-8(12(18)13(15)19)3-2-4-9(11)14/h2-5H,6H2,1H3,(H,16,17). The van der Waals surface area contributed by atoms with Crippen molar-refractivity contribution in [3.8, 4) is 0 Å². The maximum atomic E-state index is 11.9. The van der Waals surface area contributed by atoms with E-state index >= 15 is 0 Å². The number of rotatable bonds is 3. The lowest BCUT2D eigenvalue weighted by Gasteiger charge is -2.17. The van der Waals surface area contributed by atoms with Gasteiger partial charge in [0.05, 0.1) is 16.3 Å². The first-order valence-electron chi connectivity index (χ1n) is 5.46. The molecular formula is C13H10ClNO4. The smallest absolute Gasteiger partial charge is 0.328 e. The zero-order chi connectivity index (χ0) is 14.2. The van der Waals surface area contributed by atoms with E-state index in [2.05, 4.69) is 0 Å². The van der Waals surface area contributed by atoms with E-state index in [1.165, 1.54) is 11.0 Å². The molecule has 1 heterocycles. The van der Waals surface area contributed by atoms with Gasteiger partial charge in [0.25, 0.3) is 11.7 Å². The monoisotopic (exact) mass is 279 g/mol. The minimum Gasteiger partial charge on any atom is -0.478 e. The molecule has 0 saturated heterocycles. The van der Waals surface area contributed by atoms with Crippen LogP contribution in [0.1, 0.15) is 17.3 Å². The van der Waals surface area contributed by atoms with Gasteiger partial charge in [0.15, 0.2) is 0 Å². The van der Waals surface area contributed by atoms with E-state index in [1.54, 1.807) is 19.1 Å². The number of aliphatic carboxylic acids is 1. The number of carbonyl (C=O) groups is 3. The summed E-state index contributed by atoms with van der Waals surface area (Å²) in [6.07, 6.45) is 0.993. The number of nitrogens with zero attached hydrogens (tertiary/aromatic N) is 1. The highest BCUT2D eigenvalue weighted by atomic mass is 35.5. The van der Waals surface area contributed by atoms with Crippen LogP contribution >= 0.6 is 11.6 Å². The van der Waals surface area contributed by atoms with Gasteiger partial charge >= 0.3 is 5.97 Å². The Hall–Kier alpha value is -2.14. The summed E-state index contributed by atoms with van der Waals surface area (Å²) in [6, 6.07) is 4.70. The number of benzene rings is 1. The quantitative estimate of drug-likeness (QED) is 0.677. The Labute approximate surface area is 114 Å². The van der Waals surface area contributed by atoms with Crippen LogP contribution in [0.5, 0.6) is 0 Å². The van der Waals surface area contributed by atoms with E-state index in [1.807, 2.05) is 0 Å². The number of fused-ring (bicyclic) bond motifs is 1. The molecule has 6 heteroatoms. The van der Waals surface area contributed by atoms with Gasteiger partial charge in [0.2, 0.25) is 0 Å². The molecule has 1 aromatic carbocycles. The maximum absolute atomic E-state index is 11.9. The van der Waals surface area contributed by atoms with Gasteiger partial charge in [-0.3, -0.25) is 14.5 Å². The Morgan fingerprint density at radius 2 is 2.11 bits per heavy atom. The SMILES string of the molecule is CC(=CC(=O)O)CN1C(=O)C(=O)c2cccc(Cl)c21. The Morgan fingerprint density at radius 1 is 1.42 bits per heavy atom. The number of amides is 1. The fourth-order valence-corrected chi connectivity index (χ4v) is 2.25. The van der Waals surface area contributed by atoms with Crippen LogP contribution in [0.4, 0.5) is 5.69 Å². The van der Waals surface area contributed by atoms with Gasteiger partial charge in [0.1, 0.15) is 0 Å². The summed E-state index contributed by atoms with van der Waals surface area (Å²) in [5.74, 6) is -2.42. The highest BCUT2D eigenvalue weighted by Crippen LogP contribution is 2.35. The lowest BCUT2D eigenvalue weighted by atomic mass is 10.1. The van der Waals surface area contributed by atoms with Crippen LogP contribution in [0.25, 0.3) is 0 Å². The van der Waals surface area contributed by atoms with Gasteiger partial charge in [-0.2, -0.15) is 0 Å². The molecule has 5 nitrogen and oxygen atoms in total. The molecule has 1 aliphatic rings. The van der Waals surface area contributed by atoms with Gasteiger partial charge in [0, 0.05) is 12.6 Å². The zero-order valence-corrected chi connectivity index (χ0v) is 10.8. The molecule has 1 N–H and O–H groups in total. The lowest BCUT2D eigenvalue weighted by Crippen LogP contribution is -2.31. The second-order valence-electron chi connectivity index (χ2n) is 4.19. The fourth-order valence-electron chi connectivity index (χ4n) is 1.97. The summed E-state index contributed by atoms with van der Waals surface area (Å²) in [7, 11) is 0. The van der Waals surface area contributed by atoms with Crippen molar-refractivity contribution < 1.29 is 19.5 Å². The van der Waals surface area contributed by atoms with Crippen LogP contribution in [0.15, 0.2) is 29.8 Å². The number of para-hydroxylation sites is 1. The third-order valence-corrected chi connectivity index (χ3v) is 3.02. The molecule has 1 aromatic rings. The molecule has 0 fully saturated rings. The lowest BCUT2D eigenvalue weighted by molar-refractivity contribution is -0.131. The number of ketones is 1. The molecule has 1 aliphatic heterocycles. The average molecular weight is 280 g/mol. The average Bonchev–Trinajstić information content (AvgIpc) is 2.55. The Kier molecular flexibility index (Phi) is 3.40. The topological polar surface area (TPSA) is 74.7 Å². The first kappa shape index (κ1) is 13.3. The number of hydrogen-bond donors (Lipinski definition) is 1. The molecule has 0 saturated carbocycles. The molecular weight excluding hydrogens is 270 g/mol. The molecule has 0 bridgehead atoms. The molecule has 19 heavy (non-hydrogen) atoms. The number of carbonyl (C=O) groups excluding carboxylic acids is 2. The van der Waals surface area contributed by atoms with E-state index in [0.717, 1.165) is 6.08 Å². The van der Waals surface area contributed by atoms with E-state index < -0.39 is 17.7 Å². The number of carboxylic acids is 1. The van der Waals surface area contributed by atoms with Crippen molar-refractivity contribution in [1.29, 1.82) is 0 Å². The summed E-state index contributed by atoms with van der Waals surface area (Å²) in [5, 5.41) is 8.94. The van der Waals surface area contributed by atoms with Gasteiger partial charge in [-0.1, -0.05) is 17.7 Å². The van der Waals surface area contributed by atoms with Crippen molar-refractivity contribution in [2.45, 2.75) is 6.92 Å². The highest BCUT2D eigenvalue weighted by molar-refractivity contribution is 6.54. The molecule has 98 valence electrons. The number of hydrogen-bond acceptors (Lipinski definition) is 3. The van der Waals surface area contributed by atoms with E-state index in [4.69, 9.17) is 16.7 Å². The summed E-state index contributed by atoms with van der Waals surface area (Å²) >= 11 is 6.00. The van der Waals surface area contributed by atoms with Crippen LogP contribution in [-0.2, 0) is 9.59 Å². The second kappa shape index (κ2) is 4.85. The van der Waals surface area contributed by atoms with E-state index in [0.29, 0.717) is 16.3 Å². The van der Waals surface area contributed by atoms with Crippen LogP contribution in [0.3, 0.4) is 0 Å². The van der Waals surface area contributed by atoms with Crippen LogP contribution in [0, 0.1) is 0 Å². The summed E-state index contributed by atoms with van der Waals surface area (Å²) in [5.41, 5.74) is 1.04. The molecule has 0 radical (unpaired) electrons. The predicted molar refractivity (Wildman–Crippen MR) is 69.5 cm³/mol. The normalized spacial score (nSPS) is 14.8. The maximum Gasteiger partial charge on any atom is 0.328 e. The third-order valence-electron chi connectivity index (χ3n) is 2.72. The molecule has 0 aliphatic carbocycles. The number of halogens is 1. The Balaban J connectivity index is 2.41. The van der Waals surface area contributed by atoms with Crippen molar-refractivity contribution in [2.24, 2.45) is 0 Å². The van der Waals surface area contributed by atoms with Crippen molar-refractivity contribution in [2.75, 3.05) is 11.4 Å². The van der Waals surface area contributed by atoms with Crippen LogP contribution in [-0.4, -0.2) is 29.3 Å².